The van der Waals surface area contributed by atoms with Crippen LogP contribution in [0.1, 0.15) is 24.8 Å². The number of aliphatic carboxylic acids is 1. The molecular formula is C33H31F5N6O5S2. The molecule has 0 atom stereocenters. The average molecular weight is 751 g/mol. The van der Waals surface area contributed by atoms with E-state index in [0.717, 1.165) is 45.2 Å². The fourth-order valence-electron chi connectivity index (χ4n) is 4.42. The molecule has 2 heterocycles. The molecule has 0 unspecified atom stereocenters. The molecule has 3 aromatic carbocycles. The number of aromatic nitrogens is 3. The number of rotatable bonds is 10. The van der Waals surface area contributed by atoms with Crippen molar-refractivity contribution in [1.29, 1.82) is 0 Å². The highest BCUT2D eigenvalue weighted by Crippen LogP contribution is 2.40. The standard InChI is InChI=1S/C31H30F2N6O3S2.C2HF3O2/c1-18(2)30-37-27(19-8-6-9-21(16-19)38-44(40,41)29-22(32)10-7-11-23(29)33)28(43-30)24-14-15-34-31(36-24)35-20-12-13-26(42-5)25(17-20)39(3)4;3-2(4,5)1(6)7/h6-18,38H,1-5H3,(H,34,35,36);(H,6,7). The van der Waals surface area contributed by atoms with Gasteiger partial charge in [-0.3, -0.25) is 4.72 Å². The van der Waals surface area contributed by atoms with Crippen LogP contribution in [0.3, 0.4) is 0 Å². The Hall–Kier alpha value is -5.36. The van der Waals surface area contributed by atoms with Crippen LogP contribution in [0.5, 0.6) is 5.75 Å². The number of carboxylic acid groups (broad SMARTS) is 1. The molecule has 0 saturated carbocycles. The van der Waals surface area contributed by atoms with Gasteiger partial charge in [-0.2, -0.15) is 13.2 Å². The Bertz CT molecular complexity index is 2120. The van der Waals surface area contributed by atoms with E-state index in [9.17, 15) is 30.4 Å². The first-order chi connectivity index (χ1) is 23.9. The van der Waals surface area contributed by atoms with E-state index in [0.29, 0.717) is 22.9 Å². The van der Waals surface area contributed by atoms with E-state index in [1.165, 1.54) is 17.4 Å². The number of alkyl halides is 3. The number of sulfonamides is 1. The average Bonchev–Trinajstić information content (AvgIpc) is 3.51. The molecule has 0 aliphatic heterocycles. The molecule has 0 saturated heterocycles. The number of methoxy groups -OCH3 is 1. The number of hydrogen-bond donors (Lipinski definition) is 3. The van der Waals surface area contributed by atoms with Crippen molar-refractivity contribution in [3.8, 4) is 27.6 Å². The summed E-state index contributed by atoms with van der Waals surface area (Å²) in [5.41, 5.74) is 3.56. The molecule has 0 spiro atoms. The number of halogens is 5. The van der Waals surface area contributed by atoms with Crippen LogP contribution < -0.4 is 19.7 Å². The molecule has 0 radical (unpaired) electrons. The van der Waals surface area contributed by atoms with Crippen LogP contribution in [-0.4, -0.2) is 61.8 Å². The van der Waals surface area contributed by atoms with Crippen molar-refractivity contribution < 1.29 is 45.0 Å². The first kappa shape index (κ1) is 38.4. The van der Waals surface area contributed by atoms with Gasteiger partial charge >= 0.3 is 12.1 Å². The van der Waals surface area contributed by atoms with Gasteiger partial charge in [-0.05, 0) is 48.5 Å². The Morgan fingerprint density at radius 1 is 0.961 bits per heavy atom. The maximum Gasteiger partial charge on any atom is 0.490 e. The zero-order valence-corrected chi connectivity index (χ0v) is 29.2. The van der Waals surface area contributed by atoms with E-state index >= 15 is 0 Å². The Morgan fingerprint density at radius 2 is 1.61 bits per heavy atom. The molecule has 0 aliphatic rings. The summed E-state index contributed by atoms with van der Waals surface area (Å²) < 4.78 is 93.9. The summed E-state index contributed by atoms with van der Waals surface area (Å²) in [5, 5.41) is 11.2. The van der Waals surface area contributed by atoms with Gasteiger partial charge in [0.05, 0.1) is 34.1 Å². The Morgan fingerprint density at radius 3 is 2.20 bits per heavy atom. The Kier molecular flexibility index (Phi) is 11.8. The number of carbonyl (C=O) groups is 1. The van der Waals surface area contributed by atoms with Crippen molar-refractivity contribution in [2.45, 2.75) is 30.8 Å². The van der Waals surface area contributed by atoms with Crippen LogP contribution in [0, 0.1) is 11.6 Å². The molecule has 0 fully saturated rings. The molecular weight excluding hydrogens is 720 g/mol. The van der Waals surface area contributed by atoms with Crippen molar-refractivity contribution in [3.63, 3.8) is 0 Å². The SMILES string of the molecule is COc1ccc(Nc2nccc(-c3sc(C(C)C)nc3-c3cccc(NS(=O)(=O)c4c(F)cccc4F)c3)n2)cc1N(C)C.O=C(O)C(F)(F)F. The lowest BCUT2D eigenvalue weighted by atomic mass is 10.1. The molecule has 2 aromatic heterocycles. The third-order valence-corrected chi connectivity index (χ3v) is 9.57. The highest BCUT2D eigenvalue weighted by atomic mass is 32.2. The van der Waals surface area contributed by atoms with Gasteiger partial charge in [0.25, 0.3) is 10.0 Å². The number of nitrogens with zero attached hydrogens (tertiary/aromatic N) is 4. The third-order valence-electron chi connectivity index (χ3n) is 6.76. The summed E-state index contributed by atoms with van der Waals surface area (Å²) in [5.74, 6) is -3.91. The van der Waals surface area contributed by atoms with Gasteiger partial charge in [0, 0.05) is 43.1 Å². The van der Waals surface area contributed by atoms with Gasteiger partial charge in [0.2, 0.25) is 5.95 Å². The number of nitrogens with one attached hydrogen (secondary N) is 2. The van der Waals surface area contributed by atoms with E-state index in [1.54, 1.807) is 37.6 Å². The summed E-state index contributed by atoms with van der Waals surface area (Å²) >= 11 is 1.47. The lowest BCUT2D eigenvalue weighted by Gasteiger charge is -2.18. The van der Waals surface area contributed by atoms with Gasteiger partial charge in [0.1, 0.15) is 17.4 Å². The summed E-state index contributed by atoms with van der Waals surface area (Å²) in [7, 11) is 0.919. The minimum absolute atomic E-state index is 0.112. The quantitative estimate of drug-likeness (QED) is 0.120. The number of benzene rings is 3. The van der Waals surface area contributed by atoms with Crippen molar-refractivity contribution >= 4 is 50.3 Å². The lowest BCUT2D eigenvalue weighted by molar-refractivity contribution is -0.192. The molecule has 0 bridgehead atoms. The third kappa shape index (κ3) is 9.46. The topological polar surface area (TPSA) is 147 Å². The lowest BCUT2D eigenvalue weighted by Crippen LogP contribution is -2.21. The van der Waals surface area contributed by atoms with Crippen molar-refractivity contribution in [1.82, 2.24) is 15.0 Å². The van der Waals surface area contributed by atoms with E-state index in [1.807, 2.05) is 51.0 Å². The van der Waals surface area contributed by atoms with Crippen molar-refractivity contribution in [2.75, 3.05) is 36.1 Å². The predicted octanol–water partition coefficient (Wildman–Crippen LogP) is 7.92. The van der Waals surface area contributed by atoms with E-state index < -0.39 is 38.7 Å². The number of ether oxygens (including phenoxy) is 1. The highest BCUT2D eigenvalue weighted by molar-refractivity contribution is 7.92. The molecule has 0 aliphatic carbocycles. The molecule has 5 rings (SSSR count). The smallest absolute Gasteiger partial charge is 0.490 e. The Labute approximate surface area is 293 Å². The highest BCUT2D eigenvalue weighted by Gasteiger charge is 2.38. The second-order valence-electron chi connectivity index (χ2n) is 11.1. The van der Waals surface area contributed by atoms with Gasteiger partial charge in [-0.1, -0.05) is 32.0 Å². The van der Waals surface area contributed by atoms with Crippen LogP contribution in [0.2, 0.25) is 0 Å². The largest absolute Gasteiger partial charge is 0.495 e. The predicted molar refractivity (Wildman–Crippen MR) is 184 cm³/mol. The second kappa shape index (κ2) is 15.7. The minimum atomic E-state index is -5.08. The molecule has 3 N–H and O–H groups in total. The van der Waals surface area contributed by atoms with Crippen LogP contribution in [0.25, 0.3) is 21.8 Å². The zero-order chi connectivity index (χ0) is 37.7. The van der Waals surface area contributed by atoms with E-state index in [-0.39, 0.29) is 11.6 Å². The number of thiazole rings is 1. The molecule has 51 heavy (non-hydrogen) atoms. The van der Waals surface area contributed by atoms with Gasteiger partial charge in [-0.15, -0.1) is 11.3 Å². The van der Waals surface area contributed by atoms with Crippen LogP contribution in [0.15, 0.2) is 77.8 Å². The first-order valence-corrected chi connectivity index (χ1v) is 17.0. The summed E-state index contributed by atoms with van der Waals surface area (Å²) in [4.78, 5) is 24.6. The fourth-order valence-corrected chi connectivity index (χ4v) is 6.67. The van der Waals surface area contributed by atoms with Gasteiger partial charge in [-0.25, -0.2) is 36.9 Å². The van der Waals surface area contributed by atoms with Gasteiger partial charge in [0.15, 0.2) is 4.90 Å². The maximum absolute atomic E-state index is 14.3. The van der Waals surface area contributed by atoms with E-state index in [2.05, 4.69) is 15.0 Å². The van der Waals surface area contributed by atoms with Crippen molar-refractivity contribution in [2.24, 2.45) is 0 Å². The molecule has 270 valence electrons. The fraction of sp³-hybridized carbons (Fsp3) is 0.212. The molecule has 0 amide bonds. The summed E-state index contributed by atoms with van der Waals surface area (Å²) in [6.07, 6.45) is -3.44. The second-order valence-corrected chi connectivity index (χ2v) is 13.7. The minimum Gasteiger partial charge on any atom is -0.495 e. The molecule has 5 aromatic rings. The normalized spacial score (nSPS) is 11.4. The maximum atomic E-state index is 14.3. The summed E-state index contributed by atoms with van der Waals surface area (Å²) in [6.45, 7) is 4.05. The van der Waals surface area contributed by atoms with Crippen LogP contribution in [-0.2, 0) is 14.8 Å². The van der Waals surface area contributed by atoms with Crippen LogP contribution in [0.4, 0.5) is 45.0 Å². The van der Waals surface area contributed by atoms with E-state index in [4.69, 9.17) is 24.6 Å². The summed E-state index contributed by atoms with van der Waals surface area (Å²) in [6, 6.07) is 16.8. The van der Waals surface area contributed by atoms with Crippen LogP contribution >= 0.6 is 11.3 Å². The number of carboxylic acids is 1. The Balaban J connectivity index is 0.000000755. The number of hydrogen-bond acceptors (Lipinski definition) is 10. The van der Waals surface area contributed by atoms with Gasteiger partial charge < -0.3 is 20.1 Å². The zero-order valence-electron chi connectivity index (χ0n) is 27.6. The molecule has 11 nitrogen and oxygen atoms in total. The first-order valence-electron chi connectivity index (χ1n) is 14.7. The molecule has 18 heteroatoms. The van der Waals surface area contributed by atoms with Crippen molar-refractivity contribution in [3.05, 3.63) is 89.6 Å². The number of anilines is 4. The monoisotopic (exact) mass is 750 g/mol.